The highest BCUT2D eigenvalue weighted by atomic mass is 35.5. The molecule has 3 heterocycles. The van der Waals surface area contributed by atoms with Crippen molar-refractivity contribution in [1.29, 1.82) is 0 Å². The van der Waals surface area contributed by atoms with E-state index in [1.165, 1.54) is 24.2 Å². The molecule has 2 aliphatic rings. The lowest BCUT2D eigenvalue weighted by atomic mass is 10.0. The highest BCUT2D eigenvalue weighted by molar-refractivity contribution is 7.16. The lowest BCUT2D eigenvalue weighted by molar-refractivity contribution is -0.132. The number of nitrogens with one attached hydrogen (secondary N) is 1. The van der Waals surface area contributed by atoms with Crippen LogP contribution in [0.4, 0.5) is 0 Å². The summed E-state index contributed by atoms with van der Waals surface area (Å²) >= 11 is 7.47. The zero-order chi connectivity index (χ0) is 13.4. The molecule has 3 nitrogen and oxygen atoms in total. The molecule has 2 fully saturated rings. The van der Waals surface area contributed by atoms with E-state index in [-0.39, 0.29) is 24.2 Å². The number of fused-ring (bicyclic) bond motifs is 2. The number of carbonyl (C=O) groups excluding carboxylic acids is 1. The number of carbonyl (C=O) groups is 1. The molecule has 0 spiro atoms. The van der Waals surface area contributed by atoms with E-state index < -0.39 is 0 Å². The monoisotopic (exact) mass is 334 g/mol. The van der Waals surface area contributed by atoms with E-state index in [0.717, 1.165) is 28.7 Å². The van der Waals surface area contributed by atoms with E-state index >= 15 is 0 Å². The maximum atomic E-state index is 12.6. The third kappa shape index (κ3) is 3.30. The van der Waals surface area contributed by atoms with Gasteiger partial charge in [0.1, 0.15) is 0 Å². The lowest BCUT2D eigenvalue weighted by Gasteiger charge is -2.26. The average molecular weight is 335 g/mol. The number of halogens is 2. The van der Waals surface area contributed by atoms with Crippen LogP contribution in [-0.2, 0) is 4.79 Å². The second kappa shape index (κ2) is 6.65. The number of hydrogen-bond acceptors (Lipinski definition) is 3. The van der Waals surface area contributed by atoms with Gasteiger partial charge in [-0.05, 0) is 38.3 Å². The van der Waals surface area contributed by atoms with Gasteiger partial charge < -0.3 is 10.2 Å². The third-order valence-corrected chi connectivity index (χ3v) is 5.64. The molecule has 0 aliphatic carbocycles. The molecule has 0 aromatic carbocycles. The number of likely N-dealkylation sites (tertiary alicyclic amines) is 1. The molecule has 2 aliphatic heterocycles. The SMILES string of the molecule is CC(C(=O)N1CCC2CCC(C1)N2)c1ccc(Cl)s1.Cl. The summed E-state index contributed by atoms with van der Waals surface area (Å²) in [5, 5.41) is 3.61. The summed E-state index contributed by atoms with van der Waals surface area (Å²) in [5.74, 6) is 0.169. The third-order valence-electron chi connectivity index (χ3n) is 4.23. The predicted octanol–water partition coefficient (Wildman–Crippen LogP) is 3.28. The van der Waals surface area contributed by atoms with Crippen LogP contribution in [0.2, 0.25) is 4.34 Å². The first-order valence-electron chi connectivity index (χ1n) is 6.93. The van der Waals surface area contributed by atoms with Crippen LogP contribution in [0.5, 0.6) is 0 Å². The second-order valence-electron chi connectivity index (χ2n) is 5.57. The minimum Gasteiger partial charge on any atom is -0.341 e. The Hall–Kier alpha value is -0.290. The second-order valence-corrected chi connectivity index (χ2v) is 7.32. The van der Waals surface area contributed by atoms with E-state index in [9.17, 15) is 4.79 Å². The Balaban J connectivity index is 0.00000147. The molecule has 20 heavy (non-hydrogen) atoms. The fourth-order valence-corrected chi connectivity index (χ4v) is 4.20. The van der Waals surface area contributed by atoms with Crippen LogP contribution in [0.15, 0.2) is 12.1 Å². The van der Waals surface area contributed by atoms with Gasteiger partial charge in [-0.1, -0.05) is 11.6 Å². The first-order valence-corrected chi connectivity index (χ1v) is 8.13. The zero-order valence-electron chi connectivity index (χ0n) is 11.5. The lowest BCUT2D eigenvalue weighted by Crippen LogP contribution is -2.40. The van der Waals surface area contributed by atoms with Crippen molar-refractivity contribution < 1.29 is 4.79 Å². The number of nitrogens with zero attached hydrogens (tertiary/aromatic N) is 1. The van der Waals surface area contributed by atoms with E-state index in [2.05, 4.69) is 5.32 Å². The molecule has 3 rings (SSSR count). The molecule has 2 saturated heterocycles. The predicted molar refractivity (Wildman–Crippen MR) is 86.1 cm³/mol. The van der Waals surface area contributed by atoms with Gasteiger partial charge in [0.2, 0.25) is 5.91 Å². The summed E-state index contributed by atoms with van der Waals surface area (Å²) in [6, 6.07) is 4.96. The summed E-state index contributed by atoms with van der Waals surface area (Å²) in [5.41, 5.74) is 0. The van der Waals surface area contributed by atoms with E-state index in [4.69, 9.17) is 11.6 Å². The topological polar surface area (TPSA) is 32.3 Å². The summed E-state index contributed by atoms with van der Waals surface area (Å²) in [7, 11) is 0. The van der Waals surface area contributed by atoms with Crippen molar-refractivity contribution >= 4 is 41.3 Å². The highest BCUT2D eigenvalue weighted by Crippen LogP contribution is 2.30. The summed E-state index contributed by atoms with van der Waals surface area (Å²) in [6.07, 6.45) is 3.55. The van der Waals surface area contributed by atoms with Crippen LogP contribution in [0.3, 0.4) is 0 Å². The van der Waals surface area contributed by atoms with E-state index in [1.807, 2.05) is 24.0 Å². The van der Waals surface area contributed by atoms with Crippen LogP contribution < -0.4 is 5.32 Å². The van der Waals surface area contributed by atoms with Crippen molar-refractivity contribution in [3.05, 3.63) is 21.3 Å². The molecule has 3 unspecified atom stereocenters. The smallest absolute Gasteiger partial charge is 0.230 e. The molecule has 6 heteroatoms. The van der Waals surface area contributed by atoms with Crippen LogP contribution in [0.25, 0.3) is 0 Å². The zero-order valence-corrected chi connectivity index (χ0v) is 13.9. The van der Waals surface area contributed by atoms with Gasteiger partial charge in [-0.2, -0.15) is 0 Å². The van der Waals surface area contributed by atoms with Crippen LogP contribution in [0, 0.1) is 0 Å². The average Bonchev–Trinajstić information content (AvgIpc) is 2.94. The molecule has 112 valence electrons. The number of rotatable bonds is 2. The largest absolute Gasteiger partial charge is 0.341 e. The fraction of sp³-hybridized carbons (Fsp3) is 0.643. The molecular weight excluding hydrogens is 315 g/mol. The van der Waals surface area contributed by atoms with E-state index in [1.54, 1.807) is 0 Å². The van der Waals surface area contributed by atoms with Crippen molar-refractivity contribution in [3.8, 4) is 0 Å². The quantitative estimate of drug-likeness (QED) is 0.900. The van der Waals surface area contributed by atoms with Gasteiger partial charge in [0.25, 0.3) is 0 Å². The molecule has 0 radical (unpaired) electrons. The van der Waals surface area contributed by atoms with Crippen molar-refractivity contribution in [1.82, 2.24) is 10.2 Å². The van der Waals surface area contributed by atoms with E-state index in [0.29, 0.717) is 12.1 Å². The Labute approximate surface area is 135 Å². The summed E-state index contributed by atoms with van der Waals surface area (Å²) < 4.78 is 0.756. The Morgan fingerprint density at radius 2 is 2.15 bits per heavy atom. The van der Waals surface area contributed by atoms with Crippen LogP contribution >= 0.6 is 35.3 Å². The van der Waals surface area contributed by atoms with Crippen molar-refractivity contribution in [2.45, 2.75) is 44.2 Å². The fourth-order valence-electron chi connectivity index (χ4n) is 3.10. The molecule has 2 bridgehead atoms. The molecule has 1 N–H and O–H groups in total. The van der Waals surface area contributed by atoms with Crippen molar-refractivity contribution in [3.63, 3.8) is 0 Å². The van der Waals surface area contributed by atoms with Crippen LogP contribution in [-0.4, -0.2) is 36.0 Å². The van der Waals surface area contributed by atoms with Crippen molar-refractivity contribution in [2.24, 2.45) is 0 Å². The Bertz CT molecular complexity index is 479. The summed E-state index contributed by atoms with van der Waals surface area (Å²) in [4.78, 5) is 15.7. The van der Waals surface area contributed by atoms with Crippen LogP contribution in [0.1, 0.15) is 37.0 Å². The van der Waals surface area contributed by atoms with Gasteiger partial charge in [-0.25, -0.2) is 0 Å². The Morgan fingerprint density at radius 1 is 1.40 bits per heavy atom. The normalized spacial score (nSPS) is 26.8. The molecule has 1 amide bonds. The molecule has 1 aromatic rings. The minimum absolute atomic E-state index is 0. The Morgan fingerprint density at radius 3 is 2.85 bits per heavy atom. The van der Waals surface area contributed by atoms with Gasteiger partial charge in [0.15, 0.2) is 0 Å². The first-order chi connectivity index (χ1) is 9.13. The maximum Gasteiger partial charge on any atom is 0.230 e. The van der Waals surface area contributed by atoms with Gasteiger partial charge >= 0.3 is 0 Å². The number of hydrogen-bond donors (Lipinski definition) is 1. The Kier molecular flexibility index (Phi) is 5.35. The molecule has 0 saturated carbocycles. The van der Waals surface area contributed by atoms with Gasteiger partial charge in [0, 0.05) is 30.1 Å². The minimum atomic E-state index is -0.0749. The molecular formula is C14H20Cl2N2OS. The highest BCUT2D eigenvalue weighted by Gasteiger charge is 2.33. The van der Waals surface area contributed by atoms with Crippen molar-refractivity contribution in [2.75, 3.05) is 13.1 Å². The van der Waals surface area contributed by atoms with Gasteiger partial charge in [0.05, 0.1) is 10.3 Å². The summed E-state index contributed by atoms with van der Waals surface area (Å²) in [6.45, 7) is 3.73. The number of amides is 1. The molecule has 1 aromatic heterocycles. The van der Waals surface area contributed by atoms with Gasteiger partial charge in [-0.3, -0.25) is 4.79 Å². The first kappa shape index (κ1) is 16.1. The molecule has 3 atom stereocenters. The number of thiophene rings is 1. The standard InChI is InChI=1S/C14H19ClN2OS.ClH/c1-9(12-4-5-13(15)19-12)14(18)17-7-6-10-2-3-11(8-17)16-10;/h4-5,9-11,16H,2-3,6-8H2,1H3;1H. The van der Waals surface area contributed by atoms with Gasteiger partial charge in [-0.15, -0.1) is 23.7 Å². The maximum absolute atomic E-state index is 12.6.